The van der Waals surface area contributed by atoms with Crippen molar-refractivity contribution in [2.45, 2.75) is 45.4 Å². The van der Waals surface area contributed by atoms with Crippen LogP contribution >= 0.6 is 0 Å². The molecule has 3 nitrogen and oxygen atoms in total. The average Bonchev–Trinajstić information content (AvgIpc) is 3.22. The van der Waals surface area contributed by atoms with Crippen LogP contribution in [0.25, 0.3) is 0 Å². The van der Waals surface area contributed by atoms with Gasteiger partial charge in [-0.25, -0.2) is 0 Å². The zero-order chi connectivity index (χ0) is 14.4. The molecule has 0 aliphatic heterocycles. The minimum atomic E-state index is 0.504. The third-order valence-electron chi connectivity index (χ3n) is 5.19. The number of methoxy groups -OCH3 is 1. The van der Waals surface area contributed by atoms with Crippen LogP contribution in [0.1, 0.15) is 45.4 Å². The van der Waals surface area contributed by atoms with Crippen LogP contribution in [-0.2, 0) is 4.74 Å². The Hall–Kier alpha value is -0.120. The predicted octanol–water partition coefficient (Wildman–Crippen LogP) is 2.76. The highest BCUT2D eigenvalue weighted by molar-refractivity contribution is 4.90. The molecule has 2 saturated carbocycles. The zero-order valence-electron chi connectivity index (χ0n) is 13.8. The highest BCUT2D eigenvalue weighted by atomic mass is 16.5. The van der Waals surface area contributed by atoms with Crippen LogP contribution in [0.15, 0.2) is 0 Å². The Morgan fingerprint density at radius 3 is 2.50 bits per heavy atom. The molecule has 118 valence electrons. The number of ether oxygens (including phenoxy) is 1. The molecule has 0 radical (unpaired) electrons. The van der Waals surface area contributed by atoms with Crippen LogP contribution < -0.4 is 5.32 Å². The van der Waals surface area contributed by atoms with E-state index in [1.54, 1.807) is 7.11 Å². The van der Waals surface area contributed by atoms with Crippen molar-refractivity contribution in [2.75, 3.05) is 46.9 Å². The Morgan fingerprint density at radius 2 is 1.90 bits per heavy atom. The Labute approximate surface area is 125 Å². The van der Waals surface area contributed by atoms with Gasteiger partial charge in [0.25, 0.3) is 0 Å². The minimum absolute atomic E-state index is 0.504. The van der Waals surface area contributed by atoms with Crippen LogP contribution in [-0.4, -0.2) is 51.8 Å². The first-order valence-electron chi connectivity index (χ1n) is 8.52. The maximum Gasteiger partial charge on any atom is 0.0587 e. The highest BCUT2D eigenvalue weighted by Crippen LogP contribution is 2.39. The molecule has 0 aromatic rings. The summed E-state index contributed by atoms with van der Waals surface area (Å²) in [6.45, 7) is 7.98. The van der Waals surface area contributed by atoms with Gasteiger partial charge in [0.05, 0.1) is 6.61 Å². The molecule has 0 aromatic carbocycles. The van der Waals surface area contributed by atoms with Gasteiger partial charge in [0.15, 0.2) is 0 Å². The molecule has 20 heavy (non-hydrogen) atoms. The van der Waals surface area contributed by atoms with Gasteiger partial charge in [0, 0.05) is 33.3 Å². The lowest BCUT2D eigenvalue weighted by Gasteiger charge is -2.42. The normalized spacial score (nSPS) is 30.9. The van der Waals surface area contributed by atoms with Crippen LogP contribution in [0.4, 0.5) is 0 Å². The van der Waals surface area contributed by atoms with Gasteiger partial charge in [-0.05, 0) is 50.0 Å². The largest absolute Gasteiger partial charge is 0.383 e. The van der Waals surface area contributed by atoms with Gasteiger partial charge in [-0.2, -0.15) is 0 Å². The molecule has 3 heteroatoms. The molecule has 2 fully saturated rings. The molecule has 0 amide bonds. The van der Waals surface area contributed by atoms with Crippen molar-refractivity contribution in [3.05, 3.63) is 0 Å². The van der Waals surface area contributed by atoms with Gasteiger partial charge in [-0.1, -0.05) is 19.8 Å². The van der Waals surface area contributed by atoms with Crippen molar-refractivity contribution >= 4 is 0 Å². The zero-order valence-corrected chi connectivity index (χ0v) is 13.8. The molecule has 0 atom stereocenters. The summed E-state index contributed by atoms with van der Waals surface area (Å²) in [4.78, 5) is 2.60. The van der Waals surface area contributed by atoms with Crippen LogP contribution in [0.5, 0.6) is 0 Å². The summed E-state index contributed by atoms with van der Waals surface area (Å²) in [6, 6.07) is 0. The number of hydrogen-bond acceptors (Lipinski definition) is 3. The first-order valence-corrected chi connectivity index (χ1v) is 8.52. The van der Waals surface area contributed by atoms with E-state index >= 15 is 0 Å². The number of hydrogen-bond donors (Lipinski definition) is 1. The second-order valence-corrected chi connectivity index (χ2v) is 7.49. The monoisotopic (exact) mass is 282 g/mol. The van der Waals surface area contributed by atoms with E-state index in [1.165, 1.54) is 51.6 Å². The van der Waals surface area contributed by atoms with Gasteiger partial charge in [0.1, 0.15) is 0 Å². The topological polar surface area (TPSA) is 24.5 Å². The molecule has 0 unspecified atom stereocenters. The molecule has 0 heterocycles. The lowest BCUT2D eigenvalue weighted by Crippen LogP contribution is -2.46. The lowest BCUT2D eigenvalue weighted by molar-refractivity contribution is 0.0937. The third kappa shape index (κ3) is 5.34. The summed E-state index contributed by atoms with van der Waals surface area (Å²) in [6.07, 6.45) is 8.51. The van der Waals surface area contributed by atoms with Gasteiger partial charge in [-0.3, -0.25) is 0 Å². The van der Waals surface area contributed by atoms with Crippen molar-refractivity contribution in [3.8, 4) is 0 Å². The van der Waals surface area contributed by atoms with E-state index in [0.717, 1.165) is 31.5 Å². The highest BCUT2D eigenvalue weighted by Gasteiger charge is 2.35. The molecule has 0 saturated heterocycles. The number of nitrogens with one attached hydrogen (secondary N) is 1. The summed E-state index contributed by atoms with van der Waals surface area (Å²) >= 11 is 0. The Balaban J connectivity index is 1.81. The molecular formula is C17H34N2O. The summed E-state index contributed by atoms with van der Waals surface area (Å²) in [5, 5.41) is 3.63. The van der Waals surface area contributed by atoms with Crippen molar-refractivity contribution in [1.29, 1.82) is 0 Å². The van der Waals surface area contributed by atoms with E-state index in [9.17, 15) is 0 Å². The lowest BCUT2D eigenvalue weighted by atomic mass is 9.70. The van der Waals surface area contributed by atoms with E-state index in [0.29, 0.717) is 5.41 Å². The first kappa shape index (κ1) is 16.3. The fourth-order valence-electron chi connectivity index (χ4n) is 3.67. The quantitative estimate of drug-likeness (QED) is 0.658. The fourth-order valence-corrected chi connectivity index (χ4v) is 3.67. The van der Waals surface area contributed by atoms with Gasteiger partial charge < -0.3 is 15.0 Å². The van der Waals surface area contributed by atoms with Gasteiger partial charge in [-0.15, -0.1) is 0 Å². The summed E-state index contributed by atoms with van der Waals surface area (Å²) in [5.74, 6) is 1.93. The molecule has 0 spiro atoms. The van der Waals surface area contributed by atoms with E-state index < -0.39 is 0 Å². The smallest absolute Gasteiger partial charge is 0.0587 e. The van der Waals surface area contributed by atoms with E-state index in [-0.39, 0.29) is 0 Å². The summed E-state index contributed by atoms with van der Waals surface area (Å²) in [5.41, 5.74) is 0.504. The SMILES string of the molecule is COCCNCC1(CN(C)CC2CC2)CCC(C)CC1. The predicted molar refractivity (Wildman–Crippen MR) is 85.0 cm³/mol. The van der Waals surface area contributed by atoms with Gasteiger partial charge >= 0.3 is 0 Å². The fraction of sp³-hybridized carbons (Fsp3) is 1.00. The van der Waals surface area contributed by atoms with Crippen molar-refractivity contribution in [2.24, 2.45) is 17.3 Å². The second kappa shape index (κ2) is 7.77. The summed E-state index contributed by atoms with van der Waals surface area (Å²) in [7, 11) is 4.11. The van der Waals surface area contributed by atoms with Gasteiger partial charge in [0.2, 0.25) is 0 Å². The Bertz CT molecular complexity index is 270. The second-order valence-electron chi connectivity index (χ2n) is 7.49. The summed E-state index contributed by atoms with van der Waals surface area (Å²) < 4.78 is 5.15. The molecule has 2 aliphatic carbocycles. The maximum atomic E-state index is 5.15. The molecule has 0 aromatic heterocycles. The number of rotatable bonds is 9. The molecule has 1 N–H and O–H groups in total. The maximum absolute atomic E-state index is 5.15. The average molecular weight is 282 g/mol. The van der Waals surface area contributed by atoms with Crippen LogP contribution in [0.3, 0.4) is 0 Å². The molecule has 0 bridgehead atoms. The van der Waals surface area contributed by atoms with Crippen molar-refractivity contribution < 1.29 is 4.74 Å². The Kier molecular flexibility index (Phi) is 6.31. The van der Waals surface area contributed by atoms with Crippen molar-refractivity contribution in [1.82, 2.24) is 10.2 Å². The third-order valence-corrected chi connectivity index (χ3v) is 5.19. The minimum Gasteiger partial charge on any atom is -0.383 e. The Morgan fingerprint density at radius 1 is 1.20 bits per heavy atom. The molecule has 2 rings (SSSR count). The van der Waals surface area contributed by atoms with E-state index in [1.807, 2.05) is 0 Å². The standard InChI is InChI=1S/C17H34N2O/c1-15-6-8-17(9-7-15,13-18-10-11-20-3)14-19(2)12-16-4-5-16/h15-16,18H,4-14H2,1-3H3. The number of nitrogens with zero attached hydrogens (tertiary/aromatic N) is 1. The first-order chi connectivity index (χ1) is 9.63. The van der Waals surface area contributed by atoms with Crippen LogP contribution in [0, 0.1) is 17.3 Å². The van der Waals surface area contributed by atoms with Crippen molar-refractivity contribution in [3.63, 3.8) is 0 Å². The van der Waals surface area contributed by atoms with E-state index in [2.05, 4.69) is 24.2 Å². The van der Waals surface area contributed by atoms with Crippen LogP contribution in [0.2, 0.25) is 0 Å². The van der Waals surface area contributed by atoms with E-state index in [4.69, 9.17) is 4.74 Å². The molecule has 2 aliphatic rings. The molecular weight excluding hydrogens is 248 g/mol.